The Morgan fingerprint density at radius 1 is 1.03 bits per heavy atom. The second-order valence-electron chi connectivity index (χ2n) is 7.95. The smallest absolute Gasteiger partial charge is 0.222 e. The number of rotatable bonds is 8. The Hall–Kier alpha value is -3.61. The lowest BCUT2D eigenvalue weighted by Gasteiger charge is -2.16. The van der Waals surface area contributed by atoms with Crippen LogP contribution in [0, 0.1) is 0 Å². The van der Waals surface area contributed by atoms with E-state index in [2.05, 4.69) is 69.3 Å². The van der Waals surface area contributed by atoms with Crippen LogP contribution in [0.4, 0.5) is 0 Å². The van der Waals surface area contributed by atoms with E-state index in [1.165, 1.54) is 16.7 Å². The van der Waals surface area contributed by atoms with Crippen molar-refractivity contribution in [3.63, 3.8) is 0 Å². The van der Waals surface area contributed by atoms with E-state index in [9.17, 15) is 4.79 Å². The molecule has 4 rings (SSSR count). The average Bonchev–Trinajstić information content (AvgIpc) is 3.50. The Bertz CT molecular complexity index is 1030. The van der Waals surface area contributed by atoms with Crippen molar-refractivity contribution in [2.75, 3.05) is 20.1 Å². The number of nitrogens with one attached hydrogen (secondary N) is 2. The maximum Gasteiger partial charge on any atom is 0.222 e. The van der Waals surface area contributed by atoms with Crippen molar-refractivity contribution in [1.29, 1.82) is 0 Å². The first kappa shape index (κ1) is 21.6. The summed E-state index contributed by atoms with van der Waals surface area (Å²) in [5, 5.41) is 11.0. The molecular formula is C25H30N6O. The van der Waals surface area contributed by atoms with Gasteiger partial charge in [-0.1, -0.05) is 36.4 Å². The van der Waals surface area contributed by atoms with Crippen LogP contribution in [0.3, 0.4) is 0 Å². The SMILES string of the molecule is CN=C(NCCc1ccc(-n2cccn2)cc1)NCc1ccc(CN2CCCC2=O)cc1. The fraction of sp³-hybridized carbons (Fsp3) is 0.320. The molecule has 2 N–H and O–H groups in total. The Kier molecular flexibility index (Phi) is 7.17. The van der Waals surface area contributed by atoms with Crippen LogP contribution in [0.15, 0.2) is 72.0 Å². The molecule has 1 aliphatic rings. The van der Waals surface area contributed by atoms with Crippen molar-refractivity contribution in [1.82, 2.24) is 25.3 Å². The molecule has 1 fully saturated rings. The van der Waals surface area contributed by atoms with Crippen LogP contribution in [0.1, 0.15) is 29.5 Å². The predicted molar refractivity (Wildman–Crippen MR) is 127 cm³/mol. The van der Waals surface area contributed by atoms with E-state index < -0.39 is 0 Å². The third-order valence-electron chi connectivity index (χ3n) is 5.66. The summed E-state index contributed by atoms with van der Waals surface area (Å²) in [4.78, 5) is 18.0. The van der Waals surface area contributed by atoms with Gasteiger partial charge >= 0.3 is 0 Å². The van der Waals surface area contributed by atoms with E-state index in [-0.39, 0.29) is 5.91 Å². The van der Waals surface area contributed by atoms with Gasteiger partial charge in [-0.15, -0.1) is 0 Å². The summed E-state index contributed by atoms with van der Waals surface area (Å²) >= 11 is 0. The van der Waals surface area contributed by atoms with E-state index in [1.807, 2.05) is 21.8 Å². The average molecular weight is 431 g/mol. The van der Waals surface area contributed by atoms with Crippen LogP contribution in [-0.4, -0.2) is 46.7 Å². The summed E-state index contributed by atoms with van der Waals surface area (Å²) in [7, 11) is 1.78. The summed E-state index contributed by atoms with van der Waals surface area (Å²) in [6.07, 6.45) is 6.29. The number of benzene rings is 2. The molecule has 7 nitrogen and oxygen atoms in total. The van der Waals surface area contributed by atoms with E-state index in [4.69, 9.17) is 0 Å². The van der Waals surface area contributed by atoms with Gasteiger partial charge in [-0.2, -0.15) is 5.10 Å². The number of nitrogens with zero attached hydrogens (tertiary/aromatic N) is 4. The molecule has 0 spiro atoms. The molecule has 2 heterocycles. The van der Waals surface area contributed by atoms with Gasteiger partial charge in [0.15, 0.2) is 5.96 Å². The van der Waals surface area contributed by atoms with Gasteiger partial charge in [0.05, 0.1) is 5.69 Å². The maximum atomic E-state index is 11.8. The van der Waals surface area contributed by atoms with Crippen LogP contribution in [0.2, 0.25) is 0 Å². The lowest BCUT2D eigenvalue weighted by atomic mass is 10.1. The molecule has 0 unspecified atom stereocenters. The summed E-state index contributed by atoms with van der Waals surface area (Å²) in [5.41, 5.74) is 4.67. The molecule has 166 valence electrons. The zero-order valence-corrected chi connectivity index (χ0v) is 18.5. The maximum absolute atomic E-state index is 11.8. The van der Waals surface area contributed by atoms with Gasteiger partial charge in [0, 0.05) is 52.0 Å². The molecule has 0 aliphatic carbocycles. The number of hydrogen-bond acceptors (Lipinski definition) is 3. The lowest BCUT2D eigenvalue weighted by Crippen LogP contribution is -2.37. The third kappa shape index (κ3) is 5.75. The van der Waals surface area contributed by atoms with Gasteiger partial charge in [0.2, 0.25) is 5.91 Å². The Morgan fingerprint density at radius 3 is 2.44 bits per heavy atom. The molecule has 1 aliphatic heterocycles. The molecule has 1 amide bonds. The standard InChI is InChI=1S/C25H30N6O/c1-26-25(27-15-13-20-9-11-23(12-10-20)31-17-3-14-29-31)28-18-21-5-7-22(8-6-21)19-30-16-2-4-24(30)32/h3,5-12,14,17H,2,4,13,15-16,18-19H2,1H3,(H2,26,27,28). The van der Waals surface area contributed by atoms with Crippen molar-refractivity contribution >= 4 is 11.9 Å². The van der Waals surface area contributed by atoms with E-state index in [1.54, 1.807) is 13.2 Å². The number of aliphatic imine (C=N–C) groups is 1. The fourth-order valence-electron chi connectivity index (χ4n) is 3.82. The fourth-order valence-corrected chi connectivity index (χ4v) is 3.82. The zero-order chi connectivity index (χ0) is 22.2. The predicted octanol–water partition coefficient (Wildman–Crippen LogP) is 2.90. The molecule has 0 bridgehead atoms. The number of likely N-dealkylation sites (tertiary alicyclic amines) is 1. The number of aromatic nitrogens is 2. The van der Waals surface area contributed by atoms with Crippen molar-refractivity contribution in [3.8, 4) is 5.69 Å². The highest BCUT2D eigenvalue weighted by molar-refractivity contribution is 5.79. The first-order valence-corrected chi connectivity index (χ1v) is 11.1. The number of guanidine groups is 1. The minimum Gasteiger partial charge on any atom is -0.356 e. The van der Waals surface area contributed by atoms with Gasteiger partial charge in [-0.05, 0) is 47.7 Å². The highest BCUT2D eigenvalue weighted by Crippen LogP contribution is 2.15. The summed E-state index contributed by atoms with van der Waals surface area (Å²) in [5.74, 6) is 1.05. The van der Waals surface area contributed by atoms with Gasteiger partial charge in [-0.25, -0.2) is 4.68 Å². The second-order valence-corrected chi connectivity index (χ2v) is 7.95. The minimum atomic E-state index is 0.263. The highest BCUT2D eigenvalue weighted by atomic mass is 16.2. The quantitative estimate of drug-likeness (QED) is 0.426. The second kappa shape index (κ2) is 10.6. The normalized spacial score (nSPS) is 14.1. The first-order valence-electron chi connectivity index (χ1n) is 11.1. The van der Waals surface area contributed by atoms with Crippen molar-refractivity contribution in [2.45, 2.75) is 32.4 Å². The van der Waals surface area contributed by atoms with Crippen LogP contribution >= 0.6 is 0 Å². The summed E-state index contributed by atoms with van der Waals surface area (Å²) < 4.78 is 1.85. The van der Waals surface area contributed by atoms with Crippen molar-refractivity contribution < 1.29 is 4.79 Å². The van der Waals surface area contributed by atoms with E-state index in [0.29, 0.717) is 19.5 Å². The molecule has 2 aromatic carbocycles. The van der Waals surface area contributed by atoms with Crippen molar-refractivity contribution in [2.24, 2.45) is 4.99 Å². The largest absolute Gasteiger partial charge is 0.356 e. The Morgan fingerprint density at radius 2 is 1.78 bits per heavy atom. The van der Waals surface area contributed by atoms with Crippen LogP contribution in [0.5, 0.6) is 0 Å². The van der Waals surface area contributed by atoms with Crippen LogP contribution in [0.25, 0.3) is 5.69 Å². The van der Waals surface area contributed by atoms with Gasteiger partial charge < -0.3 is 15.5 Å². The Labute approximate surface area is 189 Å². The molecule has 3 aromatic rings. The summed E-state index contributed by atoms with van der Waals surface area (Å²) in [6.45, 7) is 3.07. The summed E-state index contributed by atoms with van der Waals surface area (Å²) in [6, 6.07) is 18.8. The molecule has 1 aromatic heterocycles. The van der Waals surface area contributed by atoms with Gasteiger partial charge in [0.1, 0.15) is 0 Å². The molecule has 32 heavy (non-hydrogen) atoms. The molecule has 7 heteroatoms. The zero-order valence-electron chi connectivity index (χ0n) is 18.5. The highest BCUT2D eigenvalue weighted by Gasteiger charge is 2.19. The first-order chi connectivity index (χ1) is 15.7. The van der Waals surface area contributed by atoms with Crippen LogP contribution < -0.4 is 10.6 Å². The number of hydrogen-bond donors (Lipinski definition) is 2. The molecule has 1 saturated heterocycles. The Balaban J connectivity index is 1.20. The van der Waals surface area contributed by atoms with E-state index in [0.717, 1.165) is 37.6 Å². The topological polar surface area (TPSA) is 74.6 Å². The molecule has 0 atom stereocenters. The van der Waals surface area contributed by atoms with Crippen molar-refractivity contribution in [3.05, 3.63) is 83.7 Å². The molecule has 0 radical (unpaired) electrons. The van der Waals surface area contributed by atoms with Gasteiger partial charge in [-0.3, -0.25) is 9.79 Å². The lowest BCUT2D eigenvalue weighted by molar-refractivity contribution is -0.128. The minimum absolute atomic E-state index is 0.263. The molecule has 0 saturated carbocycles. The van der Waals surface area contributed by atoms with Crippen LogP contribution in [-0.2, 0) is 24.3 Å². The molecular weight excluding hydrogens is 400 g/mol. The number of carbonyl (C=O) groups is 1. The number of carbonyl (C=O) groups excluding carboxylic acids is 1. The third-order valence-corrected chi connectivity index (χ3v) is 5.66. The number of amides is 1. The monoisotopic (exact) mass is 430 g/mol. The van der Waals surface area contributed by atoms with Gasteiger partial charge in [0.25, 0.3) is 0 Å². The van der Waals surface area contributed by atoms with E-state index >= 15 is 0 Å².